The molecule has 1 heterocycles. The van der Waals surface area contributed by atoms with E-state index in [1.165, 1.54) is 18.3 Å². The van der Waals surface area contributed by atoms with Gasteiger partial charge in [-0.3, -0.25) is 4.98 Å². The maximum atomic E-state index is 12.0. The lowest BCUT2D eigenvalue weighted by atomic mass is 10.2. The molecule has 0 aliphatic heterocycles. The normalized spacial score (nSPS) is 13.4. The molecule has 2 nitrogen and oxygen atoms in total. The zero-order valence-corrected chi connectivity index (χ0v) is 6.80. The van der Waals surface area contributed by atoms with Gasteiger partial charge in [0, 0.05) is 6.20 Å². The largest absolute Gasteiger partial charge is 0.318 e. The van der Waals surface area contributed by atoms with Crippen molar-refractivity contribution in [3.63, 3.8) is 0 Å². The fourth-order valence-electron chi connectivity index (χ4n) is 0.714. The minimum Gasteiger partial charge on any atom is -0.318 e. The minimum atomic E-state index is -2.60. The van der Waals surface area contributed by atoms with Gasteiger partial charge in [0.25, 0.3) is 6.43 Å². The lowest BCUT2D eigenvalue weighted by Crippen LogP contribution is -2.19. The molecule has 0 bridgehead atoms. The van der Waals surface area contributed by atoms with Crippen LogP contribution in [0.5, 0.6) is 0 Å². The molecule has 0 radical (unpaired) electrons. The first kappa shape index (κ1) is 9.35. The summed E-state index contributed by atoms with van der Waals surface area (Å²) in [6.45, 7) is 0. The molecule has 1 rings (SSSR count). The van der Waals surface area contributed by atoms with Gasteiger partial charge in [0.2, 0.25) is 0 Å². The van der Waals surface area contributed by atoms with E-state index in [4.69, 9.17) is 17.3 Å². The van der Waals surface area contributed by atoms with E-state index < -0.39 is 12.5 Å². The molecule has 0 saturated carbocycles. The van der Waals surface area contributed by atoms with Crippen molar-refractivity contribution in [2.45, 2.75) is 12.5 Å². The monoisotopic (exact) mass is 192 g/mol. The van der Waals surface area contributed by atoms with Crippen LogP contribution in [-0.2, 0) is 0 Å². The fourth-order valence-corrected chi connectivity index (χ4v) is 0.825. The van der Waals surface area contributed by atoms with Crippen molar-refractivity contribution >= 4 is 11.6 Å². The maximum absolute atomic E-state index is 12.0. The predicted octanol–water partition coefficient (Wildman–Crippen LogP) is 2.00. The van der Waals surface area contributed by atoms with Crippen molar-refractivity contribution in [1.29, 1.82) is 0 Å². The number of hydrogen-bond donors (Lipinski definition) is 1. The summed E-state index contributed by atoms with van der Waals surface area (Å²) in [5.41, 5.74) is 5.28. The average molecular weight is 193 g/mol. The molecule has 12 heavy (non-hydrogen) atoms. The van der Waals surface area contributed by atoms with E-state index in [1.54, 1.807) is 0 Å². The summed E-state index contributed by atoms with van der Waals surface area (Å²) in [5, 5.41) is 0.403. The molecule has 1 aromatic heterocycles. The van der Waals surface area contributed by atoms with Crippen molar-refractivity contribution in [3.8, 4) is 0 Å². The van der Waals surface area contributed by atoms with Crippen LogP contribution in [0.4, 0.5) is 8.78 Å². The standard InChI is InChI=1S/C7H7ClF2N2/c8-4-1-2-5(12-3-4)6(11)7(9)10/h1-3,6-7H,11H2. The van der Waals surface area contributed by atoms with Crippen LogP contribution in [0, 0.1) is 0 Å². The Kier molecular flexibility index (Phi) is 2.94. The average Bonchev–Trinajstić information content (AvgIpc) is 2.04. The van der Waals surface area contributed by atoms with Crippen molar-refractivity contribution in [1.82, 2.24) is 4.98 Å². The summed E-state index contributed by atoms with van der Waals surface area (Å²) in [5.74, 6) is 0. The predicted molar refractivity (Wildman–Crippen MR) is 42.2 cm³/mol. The lowest BCUT2D eigenvalue weighted by Gasteiger charge is -2.08. The number of rotatable bonds is 2. The molecule has 1 aromatic rings. The SMILES string of the molecule is NC(c1ccc(Cl)cn1)C(F)F. The van der Waals surface area contributed by atoms with Crippen LogP contribution in [0.25, 0.3) is 0 Å². The zero-order chi connectivity index (χ0) is 9.14. The van der Waals surface area contributed by atoms with E-state index in [9.17, 15) is 8.78 Å². The molecule has 1 atom stereocenters. The van der Waals surface area contributed by atoms with Crippen molar-refractivity contribution < 1.29 is 8.78 Å². The van der Waals surface area contributed by atoms with Crippen LogP contribution in [-0.4, -0.2) is 11.4 Å². The van der Waals surface area contributed by atoms with E-state index >= 15 is 0 Å². The molecule has 0 amide bonds. The Morgan fingerprint density at radius 3 is 2.50 bits per heavy atom. The van der Waals surface area contributed by atoms with Gasteiger partial charge in [-0.25, -0.2) is 8.78 Å². The molecule has 0 aliphatic rings. The van der Waals surface area contributed by atoms with E-state index in [2.05, 4.69) is 4.98 Å². The van der Waals surface area contributed by atoms with Crippen molar-refractivity contribution in [3.05, 3.63) is 29.0 Å². The molecule has 0 fully saturated rings. The van der Waals surface area contributed by atoms with Gasteiger partial charge in [-0.2, -0.15) is 0 Å². The third-order valence-corrected chi connectivity index (χ3v) is 1.59. The summed E-state index contributed by atoms with van der Waals surface area (Å²) >= 11 is 5.51. The highest BCUT2D eigenvalue weighted by Gasteiger charge is 2.18. The quantitative estimate of drug-likeness (QED) is 0.779. The number of halogens is 3. The highest BCUT2D eigenvalue weighted by Crippen LogP contribution is 2.16. The van der Waals surface area contributed by atoms with Crippen LogP contribution >= 0.6 is 11.6 Å². The van der Waals surface area contributed by atoms with Crippen LogP contribution in [0.15, 0.2) is 18.3 Å². The topological polar surface area (TPSA) is 38.9 Å². The van der Waals surface area contributed by atoms with Crippen molar-refractivity contribution in [2.24, 2.45) is 5.73 Å². The van der Waals surface area contributed by atoms with E-state index in [-0.39, 0.29) is 5.69 Å². The molecule has 0 aromatic carbocycles. The summed E-state index contributed by atoms with van der Waals surface area (Å²) in [7, 11) is 0. The highest BCUT2D eigenvalue weighted by atomic mass is 35.5. The smallest absolute Gasteiger partial charge is 0.259 e. The molecule has 0 spiro atoms. The molecule has 5 heteroatoms. The number of alkyl halides is 2. The minimum absolute atomic E-state index is 0.148. The second-order valence-corrected chi connectivity index (χ2v) is 2.70. The Balaban J connectivity index is 2.82. The highest BCUT2D eigenvalue weighted by molar-refractivity contribution is 6.30. The molecule has 0 aliphatic carbocycles. The van der Waals surface area contributed by atoms with Gasteiger partial charge < -0.3 is 5.73 Å². The van der Waals surface area contributed by atoms with Gasteiger partial charge in [0.1, 0.15) is 6.04 Å². The Bertz CT molecular complexity index is 250. The van der Waals surface area contributed by atoms with Gasteiger partial charge >= 0.3 is 0 Å². The van der Waals surface area contributed by atoms with Crippen LogP contribution in [0.2, 0.25) is 5.02 Å². The summed E-state index contributed by atoms with van der Waals surface area (Å²) in [4.78, 5) is 3.66. The number of nitrogens with two attached hydrogens (primary N) is 1. The van der Waals surface area contributed by atoms with Crippen LogP contribution in [0.3, 0.4) is 0 Å². The molecule has 66 valence electrons. The van der Waals surface area contributed by atoms with Gasteiger partial charge in [-0.1, -0.05) is 11.6 Å². The first-order valence-electron chi connectivity index (χ1n) is 3.26. The van der Waals surface area contributed by atoms with Gasteiger partial charge in [0.05, 0.1) is 10.7 Å². The number of hydrogen-bond acceptors (Lipinski definition) is 2. The van der Waals surface area contributed by atoms with Gasteiger partial charge in [-0.15, -0.1) is 0 Å². The molecular formula is C7H7ClF2N2. The Morgan fingerprint density at radius 2 is 2.08 bits per heavy atom. The fraction of sp³-hybridized carbons (Fsp3) is 0.286. The van der Waals surface area contributed by atoms with E-state index in [0.29, 0.717) is 5.02 Å². The third-order valence-electron chi connectivity index (χ3n) is 1.36. The summed E-state index contributed by atoms with van der Waals surface area (Å²) in [6.07, 6.45) is -1.31. The molecular weight excluding hydrogens is 186 g/mol. The number of nitrogens with zero attached hydrogens (tertiary/aromatic N) is 1. The molecule has 0 saturated heterocycles. The second-order valence-electron chi connectivity index (χ2n) is 2.26. The Labute approximate surface area is 73.4 Å². The van der Waals surface area contributed by atoms with Gasteiger partial charge in [-0.05, 0) is 12.1 Å². The molecule has 2 N–H and O–H groups in total. The van der Waals surface area contributed by atoms with E-state index in [1.807, 2.05) is 0 Å². The summed E-state index contributed by atoms with van der Waals surface area (Å²) in [6, 6.07) is 1.54. The van der Waals surface area contributed by atoms with Crippen molar-refractivity contribution in [2.75, 3.05) is 0 Å². The first-order valence-corrected chi connectivity index (χ1v) is 3.64. The third kappa shape index (κ3) is 2.12. The lowest BCUT2D eigenvalue weighted by molar-refractivity contribution is 0.114. The Hall–Kier alpha value is -0.740. The van der Waals surface area contributed by atoms with E-state index in [0.717, 1.165) is 0 Å². The first-order chi connectivity index (χ1) is 5.61. The number of pyridine rings is 1. The van der Waals surface area contributed by atoms with Crippen LogP contribution < -0.4 is 5.73 Å². The van der Waals surface area contributed by atoms with Crippen LogP contribution in [0.1, 0.15) is 11.7 Å². The second kappa shape index (κ2) is 3.78. The molecule has 1 unspecified atom stereocenters. The zero-order valence-electron chi connectivity index (χ0n) is 6.05. The summed E-state index contributed by atoms with van der Waals surface area (Å²) < 4.78 is 24.0. The van der Waals surface area contributed by atoms with Gasteiger partial charge in [0.15, 0.2) is 0 Å². The Morgan fingerprint density at radius 1 is 1.42 bits per heavy atom. The number of aromatic nitrogens is 1. The maximum Gasteiger partial charge on any atom is 0.259 e.